The molecule has 0 bridgehead atoms. The molecular weight excluding hydrogens is 656 g/mol. The lowest BCUT2D eigenvalue weighted by atomic mass is 9.94. The Morgan fingerprint density at radius 2 is 0.827 bits per heavy atom. The van der Waals surface area contributed by atoms with Crippen LogP contribution in [0.25, 0.3) is 11.1 Å². The number of esters is 2. The monoisotopic (exact) mass is 690 g/mol. The molecule has 0 unspecified atom stereocenters. The lowest BCUT2D eigenvalue weighted by Crippen LogP contribution is -2.12. The summed E-state index contributed by atoms with van der Waals surface area (Å²) in [5, 5.41) is 5.66. The summed E-state index contributed by atoms with van der Waals surface area (Å²) >= 11 is 0. The van der Waals surface area contributed by atoms with Crippen molar-refractivity contribution in [1.82, 2.24) is 0 Å². The Hall–Kier alpha value is -7.20. The number of carbonyl (C=O) groups is 4. The normalized spacial score (nSPS) is 10.5. The second-order valence-corrected chi connectivity index (χ2v) is 11.8. The maximum atomic E-state index is 13.5. The fourth-order valence-electron chi connectivity index (χ4n) is 5.34. The van der Waals surface area contributed by atoms with Crippen LogP contribution in [0.15, 0.2) is 146 Å². The first-order valence-corrected chi connectivity index (χ1v) is 16.3. The van der Waals surface area contributed by atoms with Gasteiger partial charge in [0.25, 0.3) is 11.8 Å². The SMILES string of the molecule is Nc1ccc(-c2ccc(N)cc2C(=O)OCc2ccc(C(=O)Nc3ccccc3)cc2)c(C(=O)OCc2ccc(C(=O)Nc3ccccc3)cc2)c1. The molecular formula is C42H34N4O6. The lowest BCUT2D eigenvalue weighted by molar-refractivity contribution is 0.0462. The lowest BCUT2D eigenvalue weighted by Gasteiger charge is -2.15. The van der Waals surface area contributed by atoms with Crippen LogP contribution in [-0.4, -0.2) is 23.8 Å². The van der Waals surface area contributed by atoms with Gasteiger partial charge in [0.15, 0.2) is 0 Å². The van der Waals surface area contributed by atoms with Crippen molar-refractivity contribution in [2.75, 3.05) is 22.1 Å². The van der Waals surface area contributed by atoms with E-state index in [1.165, 1.54) is 12.1 Å². The molecule has 0 saturated carbocycles. The third-order valence-electron chi connectivity index (χ3n) is 8.05. The zero-order valence-corrected chi connectivity index (χ0v) is 27.9. The third-order valence-corrected chi connectivity index (χ3v) is 8.05. The van der Waals surface area contributed by atoms with Crippen molar-refractivity contribution in [3.63, 3.8) is 0 Å². The first-order chi connectivity index (χ1) is 25.2. The Morgan fingerprint density at radius 1 is 0.462 bits per heavy atom. The smallest absolute Gasteiger partial charge is 0.339 e. The van der Waals surface area contributed by atoms with E-state index in [9.17, 15) is 19.2 Å². The number of para-hydroxylation sites is 2. The van der Waals surface area contributed by atoms with Crippen molar-refractivity contribution in [2.24, 2.45) is 0 Å². The number of hydrogen-bond donors (Lipinski definition) is 4. The molecule has 0 radical (unpaired) electrons. The summed E-state index contributed by atoms with van der Waals surface area (Å²) in [6.45, 7) is -0.145. The van der Waals surface area contributed by atoms with E-state index in [2.05, 4.69) is 10.6 Å². The number of nitrogen functional groups attached to an aromatic ring is 2. The number of nitrogens with two attached hydrogens (primary N) is 2. The molecule has 0 aromatic heterocycles. The first kappa shape index (κ1) is 34.7. The average molecular weight is 691 g/mol. The number of rotatable bonds is 11. The van der Waals surface area contributed by atoms with Gasteiger partial charge in [-0.1, -0.05) is 72.8 Å². The molecule has 6 aromatic carbocycles. The van der Waals surface area contributed by atoms with E-state index in [-0.39, 0.29) is 36.2 Å². The number of amides is 2. The maximum Gasteiger partial charge on any atom is 0.339 e. The van der Waals surface area contributed by atoms with E-state index in [1.54, 1.807) is 97.1 Å². The summed E-state index contributed by atoms with van der Waals surface area (Å²) in [6, 6.07) is 41.1. The van der Waals surface area contributed by atoms with Gasteiger partial charge in [-0.15, -0.1) is 0 Å². The fraction of sp³-hybridized carbons (Fsp3) is 0.0476. The van der Waals surface area contributed by atoms with E-state index in [4.69, 9.17) is 20.9 Å². The predicted molar refractivity (Wildman–Crippen MR) is 201 cm³/mol. The van der Waals surface area contributed by atoms with Gasteiger partial charge in [-0.05, 0) is 95.1 Å². The zero-order valence-electron chi connectivity index (χ0n) is 27.9. The molecule has 0 aliphatic rings. The van der Waals surface area contributed by atoms with Gasteiger partial charge in [0, 0.05) is 33.9 Å². The minimum atomic E-state index is -0.666. The highest BCUT2D eigenvalue weighted by molar-refractivity contribution is 6.06. The van der Waals surface area contributed by atoms with Crippen molar-refractivity contribution >= 4 is 46.5 Å². The van der Waals surface area contributed by atoms with Crippen molar-refractivity contribution in [3.8, 4) is 11.1 Å². The Labute approximate surface area is 300 Å². The summed E-state index contributed by atoms with van der Waals surface area (Å²) in [5.41, 5.74) is 17.4. The molecule has 10 heteroatoms. The molecule has 6 aromatic rings. The van der Waals surface area contributed by atoms with Gasteiger partial charge in [-0.25, -0.2) is 9.59 Å². The fourth-order valence-corrected chi connectivity index (χ4v) is 5.34. The molecule has 0 fully saturated rings. The van der Waals surface area contributed by atoms with E-state index in [0.29, 0.717) is 56.1 Å². The Morgan fingerprint density at radius 3 is 1.19 bits per heavy atom. The van der Waals surface area contributed by atoms with Gasteiger partial charge < -0.3 is 31.6 Å². The van der Waals surface area contributed by atoms with Crippen LogP contribution < -0.4 is 22.1 Å². The van der Waals surface area contributed by atoms with Crippen molar-refractivity contribution in [2.45, 2.75) is 13.2 Å². The molecule has 0 atom stereocenters. The Bertz CT molecular complexity index is 2060. The standard InChI is InChI=1S/C42H34N4O6/c43-31-19-21-35(37(23-31)41(49)51-25-27-11-15-29(16-12-27)39(47)45-33-7-3-1-4-8-33)36-22-20-32(44)24-38(36)42(50)52-26-28-13-17-30(18-14-28)40(48)46-34-9-5-2-6-10-34/h1-24H,25-26,43-44H2,(H,45,47)(H,46,48). The van der Waals surface area contributed by atoms with Crippen LogP contribution in [0.4, 0.5) is 22.7 Å². The number of ether oxygens (including phenoxy) is 2. The summed E-state index contributed by atoms with van der Waals surface area (Å²) in [4.78, 5) is 52.2. The van der Waals surface area contributed by atoms with Crippen LogP contribution >= 0.6 is 0 Å². The van der Waals surface area contributed by atoms with Crippen LogP contribution in [0.1, 0.15) is 52.6 Å². The molecule has 0 aliphatic carbocycles. The molecule has 52 heavy (non-hydrogen) atoms. The summed E-state index contributed by atoms with van der Waals surface area (Å²) in [6.07, 6.45) is 0. The molecule has 2 amide bonds. The molecule has 6 N–H and O–H groups in total. The summed E-state index contributed by atoms with van der Waals surface area (Å²) in [5.74, 6) is -1.86. The topological polar surface area (TPSA) is 163 Å². The highest BCUT2D eigenvalue weighted by Crippen LogP contribution is 2.32. The number of nitrogens with one attached hydrogen (secondary N) is 2. The molecule has 0 aliphatic heterocycles. The quantitative estimate of drug-likeness (QED) is 0.0793. The van der Waals surface area contributed by atoms with E-state index < -0.39 is 11.9 Å². The van der Waals surface area contributed by atoms with Crippen LogP contribution in [-0.2, 0) is 22.7 Å². The van der Waals surface area contributed by atoms with Crippen molar-refractivity contribution in [1.29, 1.82) is 0 Å². The van der Waals surface area contributed by atoms with Gasteiger partial charge in [0.2, 0.25) is 0 Å². The Kier molecular flexibility index (Phi) is 10.7. The zero-order chi connectivity index (χ0) is 36.5. The van der Waals surface area contributed by atoms with Crippen molar-refractivity contribution < 1.29 is 28.7 Å². The highest BCUT2D eigenvalue weighted by Gasteiger charge is 2.22. The van der Waals surface area contributed by atoms with Crippen LogP contribution in [0.5, 0.6) is 0 Å². The first-order valence-electron chi connectivity index (χ1n) is 16.3. The van der Waals surface area contributed by atoms with Crippen LogP contribution in [0.2, 0.25) is 0 Å². The van der Waals surface area contributed by atoms with Crippen molar-refractivity contribution in [3.05, 3.63) is 179 Å². The molecule has 0 saturated heterocycles. The number of carbonyl (C=O) groups excluding carboxylic acids is 4. The molecule has 6 rings (SSSR count). The number of benzene rings is 6. The van der Waals surface area contributed by atoms with Gasteiger partial charge in [0.1, 0.15) is 13.2 Å². The molecule has 0 heterocycles. The number of hydrogen-bond acceptors (Lipinski definition) is 8. The summed E-state index contributed by atoms with van der Waals surface area (Å²) < 4.78 is 11.3. The minimum Gasteiger partial charge on any atom is -0.457 e. The minimum absolute atomic E-state index is 0.0724. The molecule has 258 valence electrons. The molecule has 10 nitrogen and oxygen atoms in total. The van der Waals surface area contributed by atoms with Gasteiger partial charge in [0.05, 0.1) is 11.1 Å². The largest absolute Gasteiger partial charge is 0.457 e. The van der Waals surface area contributed by atoms with Crippen LogP contribution in [0.3, 0.4) is 0 Å². The highest BCUT2D eigenvalue weighted by atomic mass is 16.5. The average Bonchev–Trinajstić information content (AvgIpc) is 3.17. The second-order valence-electron chi connectivity index (χ2n) is 11.8. The molecule has 0 spiro atoms. The van der Waals surface area contributed by atoms with Gasteiger partial charge in [-0.3, -0.25) is 9.59 Å². The maximum absolute atomic E-state index is 13.5. The second kappa shape index (κ2) is 16.0. The van der Waals surface area contributed by atoms with Gasteiger partial charge >= 0.3 is 11.9 Å². The summed E-state index contributed by atoms with van der Waals surface area (Å²) in [7, 11) is 0. The van der Waals surface area contributed by atoms with Crippen LogP contribution in [0, 0.1) is 0 Å². The third kappa shape index (κ3) is 8.68. The van der Waals surface area contributed by atoms with E-state index in [0.717, 1.165) is 0 Å². The van der Waals surface area contributed by atoms with E-state index in [1.807, 2.05) is 36.4 Å². The Balaban J connectivity index is 1.12. The van der Waals surface area contributed by atoms with Gasteiger partial charge in [-0.2, -0.15) is 0 Å². The number of anilines is 4. The predicted octanol–water partition coefficient (Wildman–Crippen LogP) is 7.74. The van der Waals surface area contributed by atoms with E-state index >= 15 is 0 Å².